The average molecular weight is 285 g/mol. The molecule has 1 heterocycles. The quantitative estimate of drug-likeness (QED) is 0.527. The maximum Gasteiger partial charge on any atom is 0.272 e. The van der Waals surface area contributed by atoms with Crippen LogP contribution >= 0.6 is 11.6 Å². The fraction of sp³-hybridized carbons (Fsp3) is 0. The normalized spacial score (nSPS) is 10.2. The van der Waals surface area contributed by atoms with Gasteiger partial charge in [0, 0.05) is 12.1 Å². The molecule has 7 nitrogen and oxygen atoms in total. The van der Waals surface area contributed by atoms with Crippen molar-refractivity contribution in [1.82, 2.24) is 9.97 Å². The molecule has 9 heteroatoms. The highest BCUT2D eigenvalue weighted by Gasteiger charge is 2.13. The van der Waals surface area contributed by atoms with E-state index < -0.39 is 10.7 Å². The lowest BCUT2D eigenvalue weighted by Crippen LogP contribution is -1.98. The Morgan fingerprint density at radius 2 is 2.11 bits per heavy atom. The molecule has 0 aliphatic rings. The summed E-state index contributed by atoms with van der Waals surface area (Å²) in [5.74, 6) is -1.34. The molecule has 0 radical (unpaired) electrons. The van der Waals surface area contributed by atoms with E-state index in [1.54, 1.807) is 0 Å². The maximum atomic E-state index is 13.6. The van der Waals surface area contributed by atoms with Gasteiger partial charge >= 0.3 is 0 Å². The van der Waals surface area contributed by atoms with Gasteiger partial charge in [-0.3, -0.25) is 10.1 Å². The number of hydrogen-bond acceptors (Lipinski definition) is 6. The van der Waals surface area contributed by atoms with Crippen molar-refractivity contribution in [3.63, 3.8) is 0 Å². The average Bonchev–Trinajstić information content (AvgIpc) is 2.30. The predicted molar refractivity (Wildman–Crippen MR) is 64.6 cm³/mol. The van der Waals surface area contributed by atoms with Crippen LogP contribution < -0.4 is 10.5 Å². The lowest BCUT2D eigenvalue weighted by molar-refractivity contribution is -0.385. The monoisotopic (exact) mass is 284 g/mol. The Bertz CT molecular complexity index is 632. The van der Waals surface area contributed by atoms with Crippen molar-refractivity contribution in [2.24, 2.45) is 0 Å². The zero-order valence-corrected chi connectivity index (χ0v) is 9.96. The lowest BCUT2D eigenvalue weighted by atomic mass is 10.3. The van der Waals surface area contributed by atoms with Crippen LogP contribution in [0.25, 0.3) is 0 Å². The molecule has 1 aromatic heterocycles. The number of ether oxygens (including phenoxy) is 1. The number of nitrogens with two attached hydrogens (primary N) is 1. The second-order valence-corrected chi connectivity index (χ2v) is 3.75. The molecule has 0 atom stereocenters. The molecule has 0 aliphatic heterocycles. The molecule has 0 amide bonds. The first-order valence-electron chi connectivity index (χ1n) is 4.87. The summed E-state index contributed by atoms with van der Waals surface area (Å²) in [4.78, 5) is 17.0. The van der Waals surface area contributed by atoms with Gasteiger partial charge in [-0.1, -0.05) is 11.6 Å². The molecular formula is C10H6ClFN4O3. The fourth-order valence-corrected chi connectivity index (χ4v) is 1.44. The summed E-state index contributed by atoms with van der Waals surface area (Å²) in [6.07, 6.45) is 0. The molecule has 1 aromatic carbocycles. The van der Waals surface area contributed by atoms with Gasteiger partial charge in [0.05, 0.1) is 11.0 Å². The van der Waals surface area contributed by atoms with E-state index in [1.165, 1.54) is 6.07 Å². The van der Waals surface area contributed by atoms with E-state index in [-0.39, 0.29) is 28.4 Å². The second-order valence-electron chi connectivity index (χ2n) is 3.36. The molecule has 98 valence electrons. The molecule has 0 fully saturated rings. The van der Waals surface area contributed by atoms with E-state index in [4.69, 9.17) is 22.1 Å². The minimum Gasteiger partial charge on any atom is -0.436 e. The van der Waals surface area contributed by atoms with Crippen LogP contribution in [0.1, 0.15) is 0 Å². The van der Waals surface area contributed by atoms with Crippen LogP contribution in [0.2, 0.25) is 5.15 Å². The van der Waals surface area contributed by atoms with Crippen molar-refractivity contribution in [2.75, 3.05) is 5.73 Å². The van der Waals surface area contributed by atoms with Gasteiger partial charge in [0.1, 0.15) is 5.15 Å². The summed E-state index contributed by atoms with van der Waals surface area (Å²) in [6, 6.07) is 4.19. The van der Waals surface area contributed by atoms with Crippen molar-refractivity contribution in [3.05, 3.63) is 45.4 Å². The molecule has 0 bridgehead atoms. The van der Waals surface area contributed by atoms with Gasteiger partial charge in [0.25, 0.3) is 5.69 Å². The number of hydrogen-bond donors (Lipinski definition) is 1. The van der Waals surface area contributed by atoms with E-state index in [0.717, 1.165) is 18.2 Å². The third-order valence-corrected chi connectivity index (χ3v) is 2.22. The molecule has 2 aromatic rings. The van der Waals surface area contributed by atoms with Crippen LogP contribution in [-0.4, -0.2) is 14.9 Å². The Morgan fingerprint density at radius 1 is 1.37 bits per heavy atom. The summed E-state index contributed by atoms with van der Waals surface area (Å²) < 4.78 is 18.7. The first kappa shape index (κ1) is 13.0. The molecule has 0 saturated carbocycles. The van der Waals surface area contributed by atoms with Gasteiger partial charge in [-0.15, -0.1) is 0 Å². The van der Waals surface area contributed by atoms with Gasteiger partial charge in [-0.25, -0.2) is 9.37 Å². The molecule has 0 unspecified atom stereocenters. The Labute approximate surface area is 111 Å². The number of benzene rings is 1. The molecule has 2 N–H and O–H groups in total. The van der Waals surface area contributed by atoms with Crippen LogP contribution in [0.4, 0.5) is 16.0 Å². The fourth-order valence-electron chi connectivity index (χ4n) is 1.26. The summed E-state index contributed by atoms with van der Waals surface area (Å²) >= 11 is 5.63. The van der Waals surface area contributed by atoms with Gasteiger partial charge in [-0.2, -0.15) is 4.98 Å². The molecular weight excluding hydrogens is 279 g/mol. The number of halogens is 2. The number of nitro benzene ring substituents is 1. The van der Waals surface area contributed by atoms with E-state index in [2.05, 4.69) is 9.97 Å². The highest BCUT2D eigenvalue weighted by molar-refractivity contribution is 6.29. The predicted octanol–water partition coefficient (Wildman–Crippen LogP) is 2.55. The van der Waals surface area contributed by atoms with Gasteiger partial charge in [0.2, 0.25) is 11.8 Å². The highest BCUT2D eigenvalue weighted by Crippen LogP contribution is 2.27. The van der Waals surface area contributed by atoms with Crippen molar-refractivity contribution in [1.29, 1.82) is 0 Å². The van der Waals surface area contributed by atoms with E-state index in [1.807, 2.05) is 0 Å². The van der Waals surface area contributed by atoms with E-state index in [0.29, 0.717) is 0 Å². The van der Waals surface area contributed by atoms with Crippen LogP contribution in [0.15, 0.2) is 24.3 Å². The molecule has 0 aliphatic carbocycles. The Balaban J connectivity index is 2.30. The van der Waals surface area contributed by atoms with Crippen LogP contribution in [0.5, 0.6) is 11.6 Å². The van der Waals surface area contributed by atoms with Crippen LogP contribution in [0, 0.1) is 15.9 Å². The lowest BCUT2D eigenvalue weighted by Gasteiger charge is -2.06. The molecule has 0 saturated heterocycles. The molecule has 19 heavy (non-hydrogen) atoms. The first-order chi connectivity index (χ1) is 8.95. The van der Waals surface area contributed by atoms with Crippen LogP contribution in [-0.2, 0) is 0 Å². The third-order valence-electron chi connectivity index (χ3n) is 2.03. The standard InChI is InChI=1S/C10H6ClFN4O3/c11-8-4-9(15-10(13)14-8)19-7-2-1-5(16(17)18)3-6(7)12/h1-4H,(H2,13,14,15). The minimum absolute atomic E-state index is 0.0322. The third kappa shape index (κ3) is 3.05. The number of rotatable bonds is 3. The number of nitrogens with zero attached hydrogens (tertiary/aromatic N) is 3. The Kier molecular flexibility index (Phi) is 3.43. The number of non-ortho nitro benzene ring substituents is 1. The van der Waals surface area contributed by atoms with Gasteiger partial charge < -0.3 is 10.5 Å². The minimum atomic E-state index is -0.900. The van der Waals surface area contributed by atoms with Crippen molar-refractivity contribution in [2.45, 2.75) is 0 Å². The Morgan fingerprint density at radius 3 is 2.68 bits per heavy atom. The van der Waals surface area contributed by atoms with Gasteiger partial charge in [0.15, 0.2) is 11.6 Å². The zero-order chi connectivity index (χ0) is 14.0. The molecule has 0 spiro atoms. The topological polar surface area (TPSA) is 104 Å². The van der Waals surface area contributed by atoms with Crippen molar-refractivity contribution >= 4 is 23.2 Å². The smallest absolute Gasteiger partial charge is 0.272 e. The number of nitro groups is 1. The number of aromatic nitrogens is 2. The number of nitrogen functional groups attached to an aromatic ring is 1. The summed E-state index contributed by atoms with van der Waals surface area (Å²) in [5, 5.41) is 10.5. The Hall–Kier alpha value is -2.48. The van der Waals surface area contributed by atoms with Crippen molar-refractivity contribution < 1.29 is 14.1 Å². The zero-order valence-electron chi connectivity index (χ0n) is 9.21. The summed E-state index contributed by atoms with van der Waals surface area (Å²) in [6.45, 7) is 0. The highest BCUT2D eigenvalue weighted by atomic mass is 35.5. The van der Waals surface area contributed by atoms with Crippen LogP contribution in [0.3, 0.4) is 0 Å². The second kappa shape index (κ2) is 5.02. The largest absolute Gasteiger partial charge is 0.436 e. The summed E-state index contributed by atoms with van der Waals surface area (Å²) in [5.41, 5.74) is 4.96. The van der Waals surface area contributed by atoms with Gasteiger partial charge in [-0.05, 0) is 6.07 Å². The SMILES string of the molecule is Nc1nc(Cl)cc(Oc2ccc([N+](=O)[O-])cc2F)n1. The number of anilines is 1. The van der Waals surface area contributed by atoms with E-state index in [9.17, 15) is 14.5 Å². The summed E-state index contributed by atoms with van der Waals surface area (Å²) in [7, 11) is 0. The first-order valence-corrected chi connectivity index (χ1v) is 5.25. The van der Waals surface area contributed by atoms with E-state index >= 15 is 0 Å². The molecule has 2 rings (SSSR count). The van der Waals surface area contributed by atoms with Crippen molar-refractivity contribution in [3.8, 4) is 11.6 Å². The maximum absolute atomic E-state index is 13.6.